The van der Waals surface area contributed by atoms with E-state index >= 15 is 0 Å². The fraction of sp³-hybridized carbons (Fsp3) is 0.550. The molecule has 8 heteroatoms. The molecule has 1 fully saturated rings. The van der Waals surface area contributed by atoms with E-state index in [-0.39, 0.29) is 11.8 Å². The van der Waals surface area contributed by atoms with Gasteiger partial charge in [0.25, 0.3) is 0 Å². The molecular weight excluding hydrogens is 378 g/mol. The number of nitrogens with zero attached hydrogens (tertiary/aromatic N) is 2. The summed E-state index contributed by atoms with van der Waals surface area (Å²) in [4.78, 5) is 30.1. The van der Waals surface area contributed by atoms with Gasteiger partial charge in [0.1, 0.15) is 0 Å². The van der Waals surface area contributed by atoms with Crippen molar-refractivity contribution in [3.8, 4) is 0 Å². The largest absolute Gasteiger partial charge is 0.357 e. The fourth-order valence-corrected chi connectivity index (χ4v) is 3.25. The minimum absolute atomic E-state index is 0.110. The van der Waals surface area contributed by atoms with Crippen LogP contribution in [-0.4, -0.2) is 55.4 Å². The summed E-state index contributed by atoms with van der Waals surface area (Å²) in [5.74, 6) is 0.812. The summed E-state index contributed by atoms with van der Waals surface area (Å²) in [6.07, 6.45) is 2.76. The smallest absolute Gasteiger partial charge is 0.226 e. The maximum Gasteiger partial charge on any atom is 0.226 e. The van der Waals surface area contributed by atoms with Gasteiger partial charge in [0.15, 0.2) is 5.96 Å². The number of hydrogen-bond donors (Lipinski definition) is 3. The third-order valence-electron chi connectivity index (χ3n) is 4.41. The van der Waals surface area contributed by atoms with Crippen LogP contribution < -0.4 is 16.0 Å². The second kappa shape index (κ2) is 11.5. The first-order chi connectivity index (χ1) is 13.5. The number of guanidine groups is 1. The van der Waals surface area contributed by atoms with Gasteiger partial charge < -0.3 is 20.9 Å². The van der Waals surface area contributed by atoms with Crippen molar-refractivity contribution in [2.45, 2.75) is 39.5 Å². The number of amides is 2. The topological polar surface area (TPSA) is 85.8 Å². The lowest BCUT2D eigenvalue weighted by Gasteiger charge is -2.15. The van der Waals surface area contributed by atoms with E-state index in [0.717, 1.165) is 38.0 Å². The van der Waals surface area contributed by atoms with Crippen LogP contribution in [0.1, 0.15) is 38.2 Å². The Morgan fingerprint density at radius 2 is 2.14 bits per heavy atom. The zero-order chi connectivity index (χ0) is 20.4. The van der Waals surface area contributed by atoms with Crippen molar-refractivity contribution >= 4 is 35.1 Å². The van der Waals surface area contributed by atoms with E-state index in [9.17, 15) is 9.59 Å². The van der Waals surface area contributed by atoms with Gasteiger partial charge >= 0.3 is 0 Å². The molecule has 0 saturated carbocycles. The van der Waals surface area contributed by atoms with Gasteiger partial charge in [-0.05, 0) is 44.4 Å². The molecule has 0 spiro atoms. The van der Waals surface area contributed by atoms with Crippen LogP contribution in [0.15, 0.2) is 23.2 Å². The van der Waals surface area contributed by atoms with Crippen LogP contribution >= 0.6 is 11.6 Å². The molecule has 1 aliphatic rings. The molecule has 0 aromatic heterocycles. The molecule has 0 atom stereocenters. The van der Waals surface area contributed by atoms with E-state index < -0.39 is 0 Å². The zero-order valence-corrected chi connectivity index (χ0v) is 17.4. The average Bonchev–Trinajstić information content (AvgIpc) is 3.06. The van der Waals surface area contributed by atoms with Crippen LogP contribution in [0.5, 0.6) is 0 Å². The van der Waals surface area contributed by atoms with Gasteiger partial charge in [-0.25, -0.2) is 0 Å². The van der Waals surface area contributed by atoms with Gasteiger partial charge in [0, 0.05) is 45.6 Å². The van der Waals surface area contributed by atoms with E-state index in [2.05, 4.69) is 20.9 Å². The molecule has 1 aromatic carbocycles. The van der Waals surface area contributed by atoms with Crippen LogP contribution in [0.2, 0.25) is 5.02 Å². The molecule has 0 bridgehead atoms. The molecule has 2 amide bonds. The molecule has 0 aliphatic carbocycles. The molecule has 1 heterocycles. The van der Waals surface area contributed by atoms with E-state index in [1.807, 2.05) is 30.9 Å². The lowest BCUT2D eigenvalue weighted by Crippen LogP contribution is -2.39. The minimum Gasteiger partial charge on any atom is -0.357 e. The summed E-state index contributed by atoms with van der Waals surface area (Å²) in [7, 11) is 0. The third-order valence-corrected chi connectivity index (χ3v) is 4.73. The molecule has 2 rings (SSSR count). The van der Waals surface area contributed by atoms with Crippen molar-refractivity contribution in [3.05, 3.63) is 28.8 Å². The molecule has 28 heavy (non-hydrogen) atoms. The maximum absolute atomic E-state index is 12.1. The number of aliphatic imine (C=N–C) groups is 1. The van der Waals surface area contributed by atoms with Gasteiger partial charge in [-0.1, -0.05) is 17.7 Å². The predicted molar refractivity (Wildman–Crippen MR) is 114 cm³/mol. The number of likely N-dealkylation sites (tertiary alicyclic amines) is 1. The standard InChI is InChI=1S/C20H30ClN5O2/c1-3-22-20(23-10-5-13-26-12-4-6-19(26)28)24-11-9-18(27)25-17-8-7-15(2)14-16(17)21/h7-8,14H,3-6,9-13H2,1-2H3,(H,25,27)(H2,22,23,24). The van der Waals surface area contributed by atoms with Crippen molar-refractivity contribution in [1.82, 2.24) is 15.5 Å². The summed E-state index contributed by atoms with van der Waals surface area (Å²) in [6.45, 7) is 7.39. The zero-order valence-electron chi connectivity index (χ0n) is 16.7. The number of aryl methyl sites for hydroxylation is 1. The number of anilines is 1. The van der Waals surface area contributed by atoms with Crippen molar-refractivity contribution in [1.29, 1.82) is 0 Å². The number of rotatable bonds is 9. The Labute approximate surface area is 171 Å². The SMILES string of the molecule is CCNC(=NCCCN1CCCC1=O)NCCC(=O)Nc1ccc(C)cc1Cl. The highest BCUT2D eigenvalue weighted by Crippen LogP contribution is 2.22. The first-order valence-corrected chi connectivity index (χ1v) is 10.2. The third kappa shape index (κ3) is 7.38. The van der Waals surface area contributed by atoms with Gasteiger partial charge in [-0.3, -0.25) is 14.6 Å². The number of carbonyl (C=O) groups excluding carboxylic acids is 2. The van der Waals surface area contributed by atoms with E-state index in [0.29, 0.717) is 42.6 Å². The van der Waals surface area contributed by atoms with Gasteiger partial charge in [0.05, 0.1) is 10.7 Å². The number of benzene rings is 1. The summed E-state index contributed by atoms with van der Waals surface area (Å²) in [5, 5.41) is 9.68. The second-order valence-corrected chi connectivity index (χ2v) is 7.21. The van der Waals surface area contributed by atoms with Gasteiger partial charge in [-0.2, -0.15) is 0 Å². The Morgan fingerprint density at radius 1 is 1.32 bits per heavy atom. The quantitative estimate of drug-likeness (QED) is 0.333. The first kappa shape index (κ1) is 22.0. The Bertz CT molecular complexity index is 708. The molecule has 154 valence electrons. The minimum atomic E-state index is -0.110. The van der Waals surface area contributed by atoms with Crippen LogP contribution in [0.4, 0.5) is 5.69 Å². The Morgan fingerprint density at radius 3 is 2.82 bits per heavy atom. The maximum atomic E-state index is 12.1. The molecule has 3 N–H and O–H groups in total. The monoisotopic (exact) mass is 407 g/mol. The number of halogens is 1. The lowest BCUT2D eigenvalue weighted by molar-refractivity contribution is -0.127. The van der Waals surface area contributed by atoms with Crippen molar-refractivity contribution < 1.29 is 9.59 Å². The first-order valence-electron chi connectivity index (χ1n) is 9.85. The van der Waals surface area contributed by atoms with E-state index in [1.54, 1.807) is 6.07 Å². The molecule has 1 aliphatic heterocycles. The van der Waals surface area contributed by atoms with Gasteiger partial charge in [0.2, 0.25) is 11.8 Å². The molecule has 1 saturated heterocycles. The second-order valence-electron chi connectivity index (χ2n) is 6.81. The van der Waals surface area contributed by atoms with Crippen LogP contribution in [0.3, 0.4) is 0 Å². The average molecular weight is 408 g/mol. The van der Waals surface area contributed by atoms with E-state index in [4.69, 9.17) is 11.6 Å². The summed E-state index contributed by atoms with van der Waals surface area (Å²) >= 11 is 6.14. The summed E-state index contributed by atoms with van der Waals surface area (Å²) in [5.41, 5.74) is 1.67. The van der Waals surface area contributed by atoms with Crippen molar-refractivity contribution in [2.75, 3.05) is 38.0 Å². The number of hydrogen-bond acceptors (Lipinski definition) is 3. The molecule has 0 unspecified atom stereocenters. The van der Waals surface area contributed by atoms with Crippen LogP contribution in [0.25, 0.3) is 0 Å². The molecular formula is C20H30ClN5O2. The highest BCUT2D eigenvalue weighted by Gasteiger charge is 2.18. The Balaban J connectivity index is 1.70. The predicted octanol–water partition coefficient (Wildman–Crippen LogP) is 2.54. The van der Waals surface area contributed by atoms with Crippen LogP contribution in [-0.2, 0) is 9.59 Å². The molecule has 0 radical (unpaired) electrons. The lowest BCUT2D eigenvalue weighted by atomic mass is 10.2. The highest BCUT2D eigenvalue weighted by molar-refractivity contribution is 6.33. The number of nitrogens with one attached hydrogen (secondary N) is 3. The summed E-state index contributed by atoms with van der Waals surface area (Å²) < 4.78 is 0. The Hall–Kier alpha value is -2.28. The van der Waals surface area contributed by atoms with Crippen molar-refractivity contribution in [2.24, 2.45) is 4.99 Å². The highest BCUT2D eigenvalue weighted by atomic mass is 35.5. The van der Waals surface area contributed by atoms with E-state index in [1.165, 1.54) is 0 Å². The fourth-order valence-electron chi connectivity index (χ4n) is 2.96. The summed E-state index contributed by atoms with van der Waals surface area (Å²) in [6, 6.07) is 5.53. The molecule has 1 aromatic rings. The number of carbonyl (C=O) groups is 2. The molecule has 7 nitrogen and oxygen atoms in total. The Kier molecular flexibility index (Phi) is 9.07. The van der Waals surface area contributed by atoms with Gasteiger partial charge in [-0.15, -0.1) is 0 Å². The van der Waals surface area contributed by atoms with Crippen molar-refractivity contribution in [3.63, 3.8) is 0 Å². The normalized spacial score (nSPS) is 14.3. The van der Waals surface area contributed by atoms with Crippen LogP contribution in [0, 0.1) is 6.92 Å².